The van der Waals surface area contributed by atoms with Gasteiger partial charge in [-0.15, -0.1) is 0 Å². The van der Waals surface area contributed by atoms with Gasteiger partial charge in [0.25, 0.3) is 5.91 Å². The molecule has 3 rings (SSSR count). The van der Waals surface area contributed by atoms with Crippen LogP contribution in [0.5, 0.6) is 0 Å². The molecule has 12 heteroatoms. The minimum atomic E-state index is -0.839. The van der Waals surface area contributed by atoms with Crippen molar-refractivity contribution in [3.05, 3.63) is 11.4 Å². The summed E-state index contributed by atoms with van der Waals surface area (Å²) in [6.45, 7) is 7.69. The van der Waals surface area contributed by atoms with Crippen molar-refractivity contribution in [1.82, 2.24) is 36.1 Å². The van der Waals surface area contributed by atoms with Crippen LogP contribution in [0.2, 0.25) is 0 Å². The summed E-state index contributed by atoms with van der Waals surface area (Å²) in [5.74, 6) is -1.62. The molecule has 12 nitrogen and oxygen atoms in total. The molecular weight excluding hydrogens is 428 g/mol. The molecule has 0 spiro atoms. The molecule has 3 heterocycles. The number of hydrogen-bond donors (Lipinski definition) is 4. The zero-order valence-electron chi connectivity index (χ0n) is 19.4. The van der Waals surface area contributed by atoms with Crippen LogP contribution in [0.1, 0.15) is 44.0 Å². The highest BCUT2D eigenvalue weighted by molar-refractivity contribution is 6.36. The maximum absolute atomic E-state index is 12.5. The monoisotopic (exact) mass is 462 g/mol. The summed E-state index contributed by atoms with van der Waals surface area (Å²) in [6, 6.07) is -0.309. The Hall–Kier alpha value is -2.86. The Bertz CT molecular complexity index is 857. The second kappa shape index (κ2) is 11.8. The zero-order valence-corrected chi connectivity index (χ0v) is 19.4. The Kier molecular flexibility index (Phi) is 8.89. The lowest BCUT2D eigenvalue weighted by atomic mass is 9.99. The highest BCUT2D eigenvalue weighted by Gasteiger charge is 2.29. The maximum atomic E-state index is 12.5. The van der Waals surface area contributed by atoms with E-state index in [2.05, 4.69) is 40.7 Å². The third kappa shape index (κ3) is 7.06. The highest BCUT2D eigenvalue weighted by atomic mass is 16.6. The number of ketones is 1. The van der Waals surface area contributed by atoms with Gasteiger partial charge in [-0.2, -0.15) is 0 Å². The number of piperidine rings is 1. The van der Waals surface area contributed by atoms with E-state index in [4.69, 9.17) is 5.41 Å². The second-order valence-electron chi connectivity index (χ2n) is 8.64. The summed E-state index contributed by atoms with van der Waals surface area (Å²) in [5.41, 5.74) is 1.05. The van der Waals surface area contributed by atoms with Gasteiger partial charge in [0.05, 0.1) is 19.6 Å². The molecule has 2 aliphatic rings. The van der Waals surface area contributed by atoms with E-state index in [0.717, 1.165) is 26.2 Å². The van der Waals surface area contributed by atoms with Crippen LogP contribution >= 0.6 is 0 Å². The molecule has 2 atom stereocenters. The number of fused-ring (bicyclic) bond motifs is 1. The number of Topliss-reactive ketones (excluding diaryl/α,β-unsaturated/α-hetero) is 1. The normalized spacial score (nSPS) is 19.9. The van der Waals surface area contributed by atoms with Gasteiger partial charge in [0.1, 0.15) is 17.4 Å². The van der Waals surface area contributed by atoms with Crippen molar-refractivity contribution in [1.29, 1.82) is 5.41 Å². The molecule has 0 aliphatic carbocycles. The van der Waals surface area contributed by atoms with Gasteiger partial charge in [-0.3, -0.25) is 29.6 Å². The fraction of sp³-hybridized carbons (Fsp3) is 0.714. The SMILES string of the molecule is CCC(NC(=O)C(=N)NCc1nonc1C)C(=O)NCC(=O)CN1CCN2CCCCC2C1. The molecule has 0 aromatic carbocycles. The lowest BCUT2D eigenvalue weighted by molar-refractivity contribution is -0.129. The summed E-state index contributed by atoms with van der Waals surface area (Å²) in [7, 11) is 0. The van der Waals surface area contributed by atoms with Gasteiger partial charge in [-0.1, -0.05) is 23.7 Å². The summed E-state index contributed by atoms with van der Waals surface area (Å²) >= 11 is 0. The van der Waals surface area contributed by atoms with Gasteiger partial charge in [0, 0.05) is 25.7 Å². The molecule has 2 amide bonds. The van der Waals surface area contributed by atoms with Crippen LogP contribution in [0, 0.1) is 12.3 Å². The van der Waals surface area contributed by atoms with Gasteiger partial charge in [-0.05, 0) is 32.7 Å². The van der Waals surface area contributed by atoms with Gasteiger partial charge < -0.3 is 16.0 Å². The Balaban J connectivity index is 1.37. The number of nitrogens with one attached hydrogen (secondary N) is 4. The largest absolute Gasteiger partial charge is 0.360 e. The summed E-state index contributed by atoms with van der Waals surface area (Å²) in [6.07, 6.45) is 4.01. The van der Waals surface area contributed by atoms with Crippen molar-refractivity contribution in [3.8, 4) is 0 Å². The van der Waals surface area contributed by atoms with Crippen LogP contribution in [-0.2, 0) is 20.9 Å². The molecule has 0 saturated carbocycles. The van der Waals surface area contributed by atoms with Crippen LogP contribution < -0.4 is 16.0 Å². The van der Waals surface area contributed by atoms with Crippen LogP contribution in [0.4, 0.5) is 0 Å². The highest BCUT2D eigenvalue weighted by Crippen LogP contribution is 2.20. The molecule has 0 bridgehead atoms. The van der Waals surface area contributed by atoms with E-state index < -0.39 is 23.7 Å². The smallest absolute Gasteiger partial charge is 0.286 e. The van der Waals surface area contributed by atoms with Crippen LogP contribution in [0.3, 0.4) is 0 Å². The average Bonchev–Trinajstić information content (AvgIpc) is 3.23. The van der Waals surface area contributed by atoms with Gasteiger partial charge in [0.2, 0.25) is 5.91 Å². The second-order valence-corrected chi connectivity index (χ2v) is 8.64. The lowest BCUT2D eigenvalue weighted by Gasteiger charge is -2.43. The number of aromatic nitrogens is 2. The van der Waals surface area contributed by atoms with Gasteiger partial charge in [-0.25, -0.2) is 4.63 Å². The zero-order chi connectivity index (χ0) is 23.8. The number of carbonyl (C=O) groups is 3. The van der Waals surface area contributed by atoms with Crippen molar-refractivity contribution in [2.75, 3.05) is 39.3 Å². The lowest BCUT2D eigenvalue weighted by Crippen LogP contribution is -2.56. The molecule has 2 saturated heterocycles. The van der Waals surface area contributed by atoms with E-state index >= 15 is 0 Å². The Morgan fingerprint density at radius 1 is 1.18 bits per heavy atom. The minimum absolute atomic E-state index is 0.0557. The standard InChI is InChI=1S/C21H34N8O4/c1-3-17(25-21(32)19(22)23-11-18-14(2)26-33-27-18)20(31)24-10-16(30)13-28-8-9-29-7-5-4-6-15(29)12-28/h15,17H,3-13H2,1-2H3,(H2,22,23)(H,24,31)(H,25,32). The molecule has 2 unspecified atom stereocenters. The van der Waals surface area contributed by atoms with Crippen LogP contribution in [-0.4, -0.2) is 94.9 Å². The first-order chi connectivity index (χ1) is 15.9. The van der Waals surface area contributed by atoms with Gasteiger partial charge in [0.15, 0.2) is 11.6 Å². The Morgan fingerprint density at radius 2 is 2.00 bits per heavy atom. The van der Waals surface area contributed by atoms with E-state index in [9.17, 15) is 14.4 Å². The molecule has 0 radical (unpaired) electrons. The third-order valence-corrected chi connectivity index (χ3v) is 6.22. The average molecular weight is 463 g/mol. The molecule has 2 aliphatic heterocycles. The summed E-state index contributed by atoms with van der Waals surface area (Å²) in [4.78, 5) is 41.8. The molecule has 4 N–H and O–H groups in total. The predicted octanol–water partition coefficient (Wildman–Crippen LogP) is -0.805. The maximum Gasteiger partial charge on any atom is 0.286 e. The van der Waals surface area contributed by atoms with Crippen LogP contribution in [0.15, 0.2) is 4.63 Å². The number of rotatable bonds is 9. The fourth-order valence-electron chi connectivity index (χ4n) is 4.22. The first-order valence-electron chi connectivity index (χ1n) is 11.5. The van der Waals surface area contributed by atoms with Crippen molar-refractivity contribution in [2.24, 2.45) is 0 Å². The number of amides is 2. The van der Waals surface area contributed by atoms with E-state index in [1.54, 1.807) is 13.8 Å². The number of nitrogens with zero attached hydrogens (tertiary/aromatic N) is 4. The summed E-state index contributed by atoms with van der Waals surface area (Å²) in [5, 5.41) is 22.9. The van der Waals surface area contributed by atoms with Crippen molar-refractivity contribution in [3.63, 3.8) is 0 Å². The Labute approximate surface area is 193 Å². The minimum Gasteiger partial charge on any atom is -0.360 e. The van der Waals surface area contributed by atoms with E-state index in [0.29, 0.717) is 30.4 Å². The van der Waals surface area contributed by atoms with Gasteiger partial charge >= 0.3 is 0 Å². The third-order valence-electron chi connectivity index (χ3n) is 6.22. The quantitative estimate of drug-likeness (QED) is 0.272. The predicted molar refractivity (Wildman–Crippen MR) is 119 cm³/mol. The summed E-state index contributed by atoms with van der Waals surface area (Å²) < 4.78 is 4.57. The molecular formula is C21H34N8O4. The van der Waals surface area contributed by atoms with E-state index in [1.165, 1.54) is 19.3 Å². The van der Waals surface area contributed by atoms with Crippen molar-refractivity contribution < 1.29 is 19.0 Å². The number of carbonyl (C=O) groups excluding carboxylic acids is 3. The molecule has 182 valence electrons. The first kappa shape index (κ1) is 24.8. The van der Waals surface area contributed by atoms with Crippen molar-refractivity contribution in [2.45, 2.75) is 58.2 Å². The first-order valence-corrected chi connectivity index (χ1v) is 11.5. The number of piperazine rings is 1. The Morgan fingerprint density at radius 3 is 2.73 bits per heavy atom. The van der Waals surface area contributed by atoms with Crippen LogP contribution in [0.25, 0.3) is 0 Å². The number of aryl methyl sites for hydroxylation is 1. The fourth-order valence-corrected chi connectivity index (χ4v) is 4.22. The number of hydrogen-bond acceptors (Lipinski definition) is 9. The number of amidine groups is 1. The molecule has 2 fully saturated rings. The molecule has 1 aromatic heterocycles. The van der Waals surface area contributed by atoms with E-state index in [1.807, 2.05) is 0 Å². The topological polar surface area (TPSA) is 157 Å². The molecule has 33 heavy (non-hydrogen) atoms. The molecule has 1 aromatic rings. The van der Waals surface area contributed by atoms with E-state index in [-0.39, 0.29) is 18.9 Å². The van der Waals surface area contributed by atoms with Crippen molar-refractivity contribution >= 4 is 23.4 Å².